The Hall–Kier alpha value is -2.30. The van der Waals surface area contributed by atoms with Gasteiger partial charge in [-0.15, -0.1) is 0 Å². The van der Waals surface area contributed by atoms with Gasteiger partial charge in [0.2, 0.25) is 0 Å². The van der Waals surface area contributed by atoms with Crippen LogP contribution in [0.25, 0.3) is 0 Å². The molecule has 1 N–H and O–H groups in total. The Morgan fingerprint density at radius 2 is 2.13 bits per heavy atom. The van der Waals surface area contributed by atoms with E-state index in [0.29, 0.717) is 5.92 Å². The van der Waals surface area contributed by atoms with Gasteiger partial charge in [0.15, 0.2) is 0 Å². The Morgan fingerprint density at radius 3 is 2.70 bits per heavy atom. The number of carbonyl (C=O) groups excluding carboxylic acids is 1. The van der Waals surface area contributed by atoms with E-state index in [0.717, 1.165) is 17.9 Å². The summed E-state index contributed by atoms with van der Waals surface area (Å²) in [5.74, 6) is 1.50. The molecule has 1 atom stereocenters. The maximum absolute atomic E-state index is 12.6. The molecule has 2 aromatic rings. The molecule has 0 spiro atoms. The van der Waals surface area contributed by atoms with Crippen LogP contribution >= 0.6 is 0 Å². The first-order valence-corrected chi connectivity index (χ1v) is 8.19. The number of nitrogens with one attached hydrogen (secondary N) is 1. The largest absolute Gasteiger partial charge is 0.336 e. The van der Waals surface area contributed by atoms with E-state index in [4.69, 9.17) is 0 Å². The van der Waals surface area contributed by atoms with Crippen LogP contribution in [0.5, 0.6) is 0 Å². The number of carbonyl (C=O) groups is 1. The average molecular weight is 312 g/mol. The van der Waals surface area contributed by atoms with E-state index >= 15 is 0 Å². The minimum atomic E-state index is -0.243. The second-order valence-electron chi connectivity index (χ2n) is 6.37. The molecule has 1 aromatic carbocycles. The quantitative estimate of drug-likeness (QED) is 0.923. The van der Waals surface area contributed by atoms with Gasteiger partial charge in [0.1, 0.15) is 11.9 Å². The van der Waals surface area contributed by atoms with Crippen molar-refractivity contribution in [2.75, 3.05) is 13.6 Å². The number of imidazole rings is 1. The molecular formula is C18H24N4O. The minimum Gasteiger partial charge on any atom is -0.336 e. The lowest BCUT2D eigenvalue weighted by Crippen LogP contribution is -2.43. The zero-order chi connectivity index (χ0) is 16.2. The molecule has 1 aliphatic rings. The molecule has 0 radical (unpaired) electrons. The predicted molar refractivity (Wildman–Crippen MR) is 90.0 cm³/mol. The van der Waals surface area contributed by atoms with Gasteiger partial charge in [0, 0.05) is 33.0 Å². The van der Waals surface area contributed by atoms with Crippen LogP contribution in [0.2, 0.25) is 0 Å². The third-order valence-electron chi connectivity index (χ3n) is 4.62. The van der Waals surface area contributed by atoms with Crippen molar-refractivity contribution in [1.82, 2.24) is 19.8 Å². The van der Waals surface area contributed by atoms with Crippen LogP contribution < -0.4 is 5.32 Å². The van der Waals surface area contributed by atoms with Gasteiger partial charge >= 0.3 is 6.03 Å². The second-order valence-corrected chi connectivity index (χ2v) is 6.37. The molecule has 5 heteroatoms. The van der Waals surface area contributed by atoms with E-state index in [-0.39, 0.29) is 12.1 Å². The molecule has 1 fully saturated rings. The first kappa shape index (κ1) is 15.6. The van der Waals surface area contributed by atoms with Crippen molar-refractivity contribution in [3.8, 4) is 0 Å². The Bertz CT molecular complexity index is 648. The van der Waals surface area contributed by atoms with Gasteiger partial charge in [-0.05, 0) is 24.3 Å². The highest BCUT2D eigenvalue weighted by atomic mass is 16.2. The molecule has 5 nitrogen and oxygen atoms in total. The molecule has 1 heterocycles. The highest BCUT2D eigenvalue weighted by Crippen LogP contribution is 2.27. The smallest absolute Gasteiger partial charge is 0.318 e. The topological polar surface area (TPSA) is 50.2 Å². The van der Waals surface area contributed by atoms with Gasteiger partial charge in [-0.25, -0.2) is 9.78 Å². The molecule has 1 aliphatic carbocycles. The summed E-state index contributed by atoms with van der Waals surface area (Å²) in [5, 5.41) is 3.13. The van der Waals surface area contributed by atoms with Crippen LogP contribution in [-0.2, 0) is 7.05 Å². The number of nitrogens with zero attached hydrogens (tertiary/aromatic N) is 3. The molecule has 1 aromatic heterocycles. The van der Waals surface area contributed by atoms with Crippen molar-refractivity contribution in [3.05, 3.63) is 54.1 Å². The summed E-state index contributed by atoms with van der Waals surface area (Å²) < 4.78 is 1.95. The molecule has 3 rings (SSSR count). The summed E-state index contributed by atoms with van der Waals surface area (Å²) in [6.45, 7) is 0.827. The Kier molecular flexibility index (Phi) is 4.65. The zero-order valence-electron chi connectivity index (χ0n) is 13.8. The van der Waals surface area contributed by atoms with Crippen molar-refractivity contribution < 1.29 is 4.79 Å². The van der Waals surface area contributed by atoms with Crippen LogP contribution in [0, 0.1) is 5.92 Å². The highest BCUT2D eigenvalue weighted by molar-refractivity contribution is 5.74. The molecule has 0 saturated heterocycles. The monoisotopic (exact) mass is 312 g/mol. The fourth-order valence-electron chi connectivity index (χ4n) is 2.98. The number of rotatable bonds is 5. The number of aryl methyl sites for hydroxylation is 1. The lowest BCUT2D eigenvalue weighted by molar-refractivity contribution is 0.180. The summed E-state index contributed by atoms with van der Waals surface area (Å²) in [6, 6.07) is 9.69. The maximum atomic E-state index is 12.6. The molecule has 23 heavy (non-hydrogen) atoms. The zero-order valence-corrected chi connectivity index (χ0v) is 13.8. The Labute approximate surface area is 137 Å². The summed E-state index contributed by atoms with van der Waals surface area (Å²) in [7, 11) is 3.82. The Morgan fingerprint density at radius 1 is 1.39 bits per heavy atom. The molecule has 1 saturated carbocycles. The number of benzene rings is 1. The van der Waals surface area contributed by atoms with Gasteiger partial charge in [-0.3, -0.25) is 0 Å². The van der Waals surface area contributed by atoms with E-state index in [2.05, 4.69) is 10.3 Å². The third kappa shape index (κ3) is 3.55. The summed E-state index contributed by atoms with van der Waals surface area (Å²) in [4.78, 5) is 18.8. The van der Waals surface area contributed by atoms with Gasteiger partial charge < -0.3 is 14.8 Å². The van der Waals surface area contributed by atoms with Crippen molar-refractivity contribution >= 4 is 6.03 Å². The van der Waals surface area contributed by atoms with Crippen molar-refractivity contribution in [2.45, 2.75) is 25.3 Å². The van der Waals surface area contributed by atoms with E-state index in [9.17, 15) is 4.79 Å². The van der Waals surface area contributed by atoms with Gasteiger partial charge in [-0.1, -0.05) is 36.8 Å². The van der Waals surface area contributed by atoms with Gasteiger partial charge in [0.25, 0.3) is 0 Å². The Balaban J connectivity index is 1.76. The molecule has 0 unspecified atom stereocenters. The summed E-state index contributed by atoms with van der Waals surface area (Å²) in [6.07, 6.45) is 7.42. The van der Waals surface area contributed by atoms with E-state index in [1.807, 2.05) is 55.2 Å². The maximum Gasteiger partial charge on any atom is 0.318 e. The molecule has 0 bridgehead atoms. The summed E-state index contributed by atoms with van der Waals surface area (Å²) >= 11 is 0. The highest BCUT2D eigenvalue weighted by Gasteiger charge is 2.25. The van der Waals surface area contributed by atoms with Crippen LogP contribution in [0.4, 0.5) is 4.79 Å². The van der Waals surface area contributed by atoms with E-state index in [1.54, 1.807) is 11.1 Å². The fourth-order valence-corrected chi connectivity index (χ4v) is 2.98. The molecule has 122 valence electrons. The fraction of sp³-hybridized carbons (Fsp3) is 0.444. The minimum absolute atomic E-state index is 0.0475. The lowest BCUT2D eigenvalue weighted by Gasteiger charge is -2.31. The average Bonchev–Trinajstić information content (AvgIpc) is 2.94. The number of urea groups is 1. The summed E-state index contributed by atoms with van der Waals surface area (Å²) in [5.41, 5.74) is 1.03. The molecular weight excluding hydrogens is 288 g/mol. The van der Waals surface area contributed by atoms with Crippen LogP contribution in [0.15, 0.2) is 42.7 Å². The standard InChI is InChI=1S/C18H24N4O/c1-21-12-11-19-17(21)16(15-9-4-3-5-10-15)20-18(23)22(2)13-14-7-6-8-14/h3-5,9-12,14,16H,6-8,13H2,1-2H3,(H,20,23)/t16-/m1/s1. The van der Waals surface area contributed by atoms with Crippen LogP contribution in [-0.4, -0.2) is 34.1 Å². The number of amides is 2. The number of aromatic nitrogens is 2. The molecule has 2 amide bonds. The first-order valence-electron chi connectivity index (χ1n) is 8.19. The van der Waals surface area contributed by atoms with Crippen molar-refractivity contribution in [2.24, 2.45) is 13.0 Å². The second kappa shape index (κ2) is 6.86. The normalized spacial score (nSPS) is 15.7. The third-order valence-corrected chi connectivity index (χ3v) is 4.62. The lowest BCUT2D eigenvalue weighted by atomic mass is 9.85. The van der Waals surface area contributed by atoms with Crippen LogP contribution in [0.1, 0.15) is 36.7 Å². The van der Waals surface area contributed by atoms with Crippen LogP contribution in [0.3, 0.4) is 0 Å². The SMILES string of the molecule is CN(CC1CCC1)C(=O)N[C@H](c1ccccc1)c1nccn1C. The van der Waals surface area contributed by atoms with Crippen molar-refractivity contribution in [3.63, 3.8) is 0 Å². The number of hydrogen-bond donors (Lipinski definition) is 1. The molecule has 0 aliphatic heterocycles. The van der Waals surface area contributed by atoms with Crippen molar-refractivity contribution in [1.29, 1.82) is 0 Å². The van der Waals surface area contributed by atoms with Gasteiger partial charge in [0.05, 0.1) is 0 Å². The predicted octanol–water partition coefficient (Wildman–Crippen LogP) is 2.95. The number of hydrogen-bond acceptors (Lipinski definition) is 2. The first-order chi connectivity index (χ1) is 11.1. The van der Waals surface area contributed by atoms with Gasteiger partial charge in [-0.2, -0.15) is 0 Å². The van der Waals surface area contributed by atoms with E-state index < -0.39 is 0 Å². The van der Waals surface area contributed by atoms with E-state index in [1.165, 1.54) is 19.3 Å².